The first-order chi connectivity index (χ1) is 8.61. The van der Waals surface area contributed by atoms with Crippen LogP contribution in [0.5, 0.6) is 0 Å². The molecule has 0 aliphatic carbocycles. The Kier molecular flexibility index (Phi) is 5.38. The molecule has 1 N–H and O–H groups in total. The van der Waals surface area contributed by atoms with Gasteiger partial charge in [0.2, 0.25) is 0 Å². The number of carbonyl (C=O) groups excluding carboxylic acids is 1. The summed E-state index contributed by atoms with van der Waals surface area (Å²) in [6.07, 6.45) is 1.12. The minimum Gasteiger partial charge on any atom is -0.348 e. The number of fused-ring (bicyclic) bond motifs is 1. The van der Waals surface area contributed by atoms with Crippen LogP contribution >= 0.6 is 45.7 Å². The van der Waals surface area contributed by atoms with Crippen LogP contribution in [0, 0.1) is 5.92 Å². The predicted molar refractivity (Wildman–Crippen MR) is 89.2 cm³/mol. The number of thiophene rings is 1. The molecule has 0 bridgehead atoms. The molecule has 2 rings (SSSR count). The summed E-state index contributed by atoms with van der Waals surface area (Å²) >= 11 is 5.98. The van der Waals surface area contributed by atoms with Gasteiger partial charge in [0.25, 0.3) is 5.91 Å². The van der Waals surface area contributed by atoms with Crippen LogP contribution in [0.15, 0.2) is 6.07 Å². The number of rotatable bonds is 4. The van der Waals surface area contributed by atoms with Gasteiger partial charge in [-0.3, -0.25) is 4.79 Å². The Morgan fingerprint density at radius 3 is 2.94 bits per heavy atom. The Balaban J connectivity index is 2.06. The van der Waals surface area contributed by atoms with Crippen LogP contribution < -0.4 is 5.32 Å². The molecule has 0 spiro atoms. The molecular formula is C13H18INOS2. The second-order valence-electron chi connectivity index (χ2n) is 4.84. The number of halogens is 1. The largest absolute Gasteiger partial charge is 0.348 e. The molecule has 0 aromatic carbocycles. The molecule has 0 saturated carbocycles. The highest BCUT2D eigenvalue weighted by Crippen LogP contribution is 2.31. The second kappa shape index (κ2) is 6.61. The van der Waals surface area contributed by atoms with Gasteiger partial charge in [-0.15, -0.1) is 11.3 Å². The predicted octanol–water partition coefficient (Wildman–Crippen LogP) is 3.73. The highest BCUT2D eigenvalue weighted by atomic mass is 127. The van der Waals surface area contributed by atoms with Gasteiger partial charge in [0.15, 0.2) is 0 Å². The summed E-state index contributed by atoms with van der Waals surface area (Å²) in [6, 6.07) is 2.36. The van der Waals surface area contributed by atoms with E-state index in [2.05, 4.69) is 47.8 Å². The first-order valence-corrected chi connectivity index (χ1v) is 9.67. The first-order valence-electron chi connectivity index (χ1n) is 6.18. The van der Waals surface area contributed by atoms with Crippen molar-refractivity contribution in [2.75, 3.05) is 10.2 Å². The van der Waals surface area contributed by atoms with Crippen molar-refractivity contribution < 1.29 is 4.79 Å². The molecule has 1 amide bonds. The van der Waals surface area contributed by atoms with E-state index in [9.17, 15) is 4.79 Å². The zero-order chi connectivity index (χ0) is 13.1. The summed E-state index contributed by atoms with van der Waals surface area (Å²) in [7, 11) is 0. The van der Waals surface area contributed by atoms with Crippen LogP contribution in [0.2, 0.25) is 0 Å². The first kappa shape index (κ1) is 14.7. The number of alkyl halides is 1. The third kappa shape index (κ3) is 3.42. The van der Waals surface area contributed by atoms with E-state index in [0.29, 0.717) is 5.92 Å². The van der Waals surface area contributed by atoms with E-state index in [1.54, 1.807) is 11.3 Å². The molecule has 0 radical (unpaired) electrons. The molecule has 5 heteroatoms. The summed E-state index contributed by atoms with van der Waals surface area (Å²) in [5.41, 5.74) is 1.37. The lowest BCUT2D eigenvalue weighted by molar-refractivity contribution is 0.0936. The molecule has 1 atom stereocenters. The van der Waals surface area contributed by atoms with Crippen molar-refractivity contribution in [2.45, 2.75) is 32.1 Å². The molecule has 1 aliphatic rings. The Hall–Kier alpha value is 0.250. The number of aryl methyl sites for hydroxylation is 1. The molecule has 1 aromatic heterocycles. The van der Waals surface area contributed by atoms with Gasteiger partial charge in [-0.25, -0.2) is 0 Å². The molecule has 1 aliphatic heterocycles. The molecule has 2 nitrogen and oxygen atoms in total. The topological polar surface area (TPSA) is 29.1 Å². The summed E-state index contributed by atoms with van der Waals surface area (Å²) < 4.78 is 0.960. The second-order valence-corrected chi connectivity index (χ2v) is 7.96. The zero-order valence-electron chi connectivity index (χ0n) is 10.7. The standard InChI is InChI=1S/C13H18INOS2/c1-8(2)10(6-14)15-13(16)12-5-9-7-17-4-3-11(9)18-12/h5,8,10H,3-4,6-7H2,1-2H3,(H,15,16). The van der Waals surface area contributed by atoms with Crippen molar-refractivity contribution in [3.05, 3.63) is 21.4 Å². The Bertz CT molecular complexity index is 407. The summed E-state index contributed by atoms with van der Waals surface area (Å²) in [5.74, 6) is 2.85. The molecule has 0 fully saturated rings. The highest BCUT2D eigenvalue weighted by molar-refractivity contribution is 14.1. The number of hydrogen-bond acceptors (Lipinski definition) is 3. The van der Waals surface area contributed by atoms with Gasteiger partial charge in [0.1, 0.15) is 0 Å². The Labute approximate surface area is 130 Å². The summed E-state index contributed by atoms with van der Waals surface area (Å²) in [5, 5.41) is 3.15. The Morgan fingerprint density at radius 2 is 2.33 bits per heavy atom. The van der Waals surface area contributed by atoms with Crippen molar-refractivity contribution >= 4 is 51.6 Å². The maximum absolute atomic E-state index is 12.2. The monoisotopic (exact) mass is 395 g/mol. The number of amides is 1. The lowest BCUT2D eigenvalue weighted by atomic mass is 10.1. The average Bonchev–Trinajstić information content (AvgIpc) is 2.79. The van der Waals surface area contributed by atoms with Crippen LogP contribution in [0.1, 0.15) is 34.0 Å². The molecular weight excluding hydrogens is 377 g/mol. The van der Waals surface area contributed by atoms with Crippen LogP contribution in [-0.4, -0.2) is 22.1 Å². The van der Waals surface area contributed by atoms with Crippen molar-refractivity contribution in [3.8, 4) is 0 Å². The van der Waals surface area contributed by atoms with Gasteiger partial charge in [-0.05, 0) is 29.7 Å². The van der Waals surface area contributed by atoms with E-state index < -0.39 is 0 Å². The highest BCUT2D eigenvalue weighted by Gasteiger charge is 2.20. The molecule has 2 heterocycles. The van der Waals surface area contributed by atoms with Crippen LogP contribution in [0.25, 0.3) is 0 Å². The third-order valence-corrected chi connectivity index (χ3v) is 6.33. The SMILES string of the molecule is CC(C)C(CI)NC(=O)c1cc2c(s1)CCSC2. The van der Waals surface area contributed by atoms with E-state index in [1.165, 1.54) is 16.2 Å². The minimum atomic E-state index is 0.106. The van der Waals surface area contributed by atoms with Crippen LogP contribution in [-0.2, 0) is 12.2 Å². The van der Waals surface area contributed by atoms with Gasteiger partial charge in [0, 0.05) is 21.1 Å². The van der Waals surface area contributed by atoms with E-state index in [4.69, 9.17) is 0 Å². The number of thioether (sulfide) groups is 1. The average molecular weight is 395 g/mol. The van der Waals surface area contributed by atoms with E-state index in [1.807, 2.05) is 11.8 Å². The van der Waals surface area contributed by atoms with Gasteiger partial charge in [-0.1, -0.05) is 36.4 Å². The zero-order valence-corrected chi connectivity index (χ0v) is 14.5. The van der Waals surface area contributed by atoms with Crippen molar-refractivity contribution in [1.82, 2.24) is 5.32 Å². The van der Waals surface area contributed by atoms with Gasteiger partial charge < -0.3 is 5.32 Å². The lowest BCUT2D eigenvalue weighted by Crippen LogP contribution is -2.39. The fraction of sp³-hybridized carbons (Fsp3) is 0.615. The van der Waals surface area contributed by atoms with E-state index in [0.717, 1.165) is 21.5 Å². The smallest absolute Gasteiger partial charge is 0.261 e. The third-order valence-electron chi connectivity index (χ3n) is 3.14. The Morgan fingerprint density at radius 1 is 1.56 bits per heavy atom. The fourth-order valence-corrected chi connectivity index (χ4v) is 5.39. The maximum atomic E-state index is 12.2. The molecule has 18 heavy (non-hydrogen) atoms. The normalized spacial score (nSPS) is 16.4. The summed E-state index contributed by atoms with van der Waals surface area (Å²) in [6.45, 7) is 4.30. The maximum Gasteiger partial charge on any atom is 0.261 e. The molecule has 0 saturated heterocycles. The quantitative estimate of drug-likeness (QED) is 0.622. The van der Waals surface area contributed by atoms with Gasteiger partial charge in [-0.2, -0.15) is 11.8 Å². The van der Waals surface area contributed by atoms with E-state index in [-0.39, 0.29) is 11.9 Å². The minimum absolute atomic E-state index is 0.106. The number of nitrogens with one attached hydrogen (secondary N) is 1. The fourth-order valence-electron chi connectivity index (χ4n) is 1.88. The molecule has 100 valence electrons. The van der Waals surface area contributed by atoms with Crippen molar-refractivity contribution in [3.63, 3.8) is 0 Å². The van der Waals surface area contributed by atoms with Gasteiger partial charge in [0.05, 0.1) is 4.88 Å². The summed E-state index contributed by atoms with van der Waals surface area (Å²) in [4.78, 5) is 14.5. The van der Waals surface area contributed by atoms with Crippen molar-refractivity contribution in [1.29, 1.82) is 0 Å². The van der Waals surface area contributed by atoms with Crippen molar-refractivity contribution in [2.24, 2.45) is 5.92 Å². The number of carbonyl (C=O) groups is 1. The van der Waals surface area contributed by atoms with Crippen LogP contribution in [0.3, 0.4) is 0 Å². The lowest BCUT2D eigenvalue weighted by Gasteiger charge is -2.19. The van der Waals surface area contributed by atoms with Crippen LogP contribution in [0.4, 0.5) is 0 Å². The number of hydrogen-bond donors (Lipinski definition) is 1. The van der Waals surface area contributed by atoms with E-state index >= 15 is 0 Å². The molecule has 1 aromatic rings. The molecule has 1 unspecified atom stereocenters. The van der Waals surface area contributed by atoms with Gasteiger partial charge >= 0.3 is 0 Å².